The molecule has 1 aliphatic heterocycles. The Labute approximate surface area is 46.2 Å². The summed E-state index contributed by atoms with van der Waals surface area (Å²) in [4.78, 5) is 7.28. The molecule has 0 atom stereocenters. The van der Waals surface area contributed by atoms with Gasteiger partial charge < -0.3 is 0 Å². The standard InChI is InChI=1S/C4H3ClN2/c5-4-1-6-3-7-2-4/h1-3H/q+1. The number of hydrogen-bond donors (Lipinski definition) is 0. The van der Waals surface area contributed by atoms with Crippen molar-refractivity contribution in [2.24, 2.45) is 4.99 Å². The van der Waals surface area contributed by atoms with Crippen LogP contribution in [0.15, 0.2) is 16.2 Å². The first-order chi connectivity index (χ1) is 3.39. The fourth-order valence-corrected chi connectivity index (χ4v) is 0.394. The lowest BCUT2D eigenvalue weighted by Crippen LogP contribution is -1.92. The topological polar surface area (TPSA) is 26.5 Å². The summed E-state index contributed by atoms with van der Waals surface area (Å²) in [6, 6.07) is 0. The van der Waals surface area contributed by atoms with Gasteiger partial charge >= 0.3 is 6.34 Å². The second-order valence-corrected chi connectivity index (χ2v) is 1.49. The Hall–Kier alpha value is -0.630. The first kappa shape index (κ1) is 4.53. The molecule has 0 fully saturated rings. The molecule has 0 aromatic heterocycles. The normalized spacial score (nSPS) is 17.0. The molecule has 1 aliphatic rings. The molecule has 1 radical (unpaired) electrons. The molecule has 35 valence electrons. The molecule has 0 amide bonds. The second kappa shape index (κ2) is 1.89. The van der Waals surface area contributed by atoms with Gasteiger partial charge in [-0.1, -0.05) is 21.6 Å². The maximum absolute atomic E-state index is 5.41. The van der Waals surface area contributed by atoms with Crippen LogP contribution in [-0.4, -0.2) is 12.6 Å². The summed E-state index contributed by atoms with van der Waals surface area (Å²) in [6.07, 6.45) is 4.51. The molecule has 0 saturated carbocycles. The van der Waals surface area contributed by atoms with E-state index in [-0.39, 0.29) is 0 Å². The molecule has 0 N–H and O–H groups in total. The minimum absolute atomic E-state index is 0.572. The quantitative estimate of drug-likeness (QED) is 0.439. The minimum atomic E-state index is 0.572. The second-order valence-electron chi connectivity index (χ2n) is 1.06. The van der Waals surface area contributed by atoms with E-state index >= 15 is 0 Å². The Morgan fingerprint density at radius 1 is 1.71 bits per heavy atom. The Balaban J connectivity index is 2.82. The summed E-state index contributed by atoms with van der Waals surface area (Å²) in [5.41, 5.74) is 0. The number of rotatable bonds is 0. The molecule has 0 bridgehead atoms. The van der Waals surface area contributed by atoms with Crippen molar-refractivity contribution in [3.05, 3.63) is 11.2 Å². The molecule has 1 rings (SSSR count). The zero-order chi connectivity index (χ0) is 5.11. The Kier molecular flexibility index (Phi) is 1.22. The van der Waals surface area contributed by atoms with Crippen LogP contribution in [0, 0.1) is 0 Å². The average Bonchev–Trinajstić information content (AvgIpc) is 1.69. The van der Waals surface area contributed by atoms with Crippen LogP contribution in [0.2, 0.25) is 0 Å². The van der Waals surface area contributed by atoms with E-state index in [0.717, 1.165) is 0 Å². The molecule has 0 saturated heterocycles. The van der Waals surface area contributed by atoms with Gasteiger partial charge in [0, 0.05) is 0 Å². The fourth-order valence-electron chi connectivity index (χ4n) is 0.281. The van der Waals surface area contributed by atoms with Crippen molar-refractivity contribution < 1.29 is 0 Å². The van der Waals surface area contributed by atoms with E-state index in [1.54, 1.807) is 0 Å². The molecule has 3 heteroatoms. The maximum Gasteiger partial charge on any atom is 0.327 e. The highest BCUT2D eigenvalue weighted by atomic mass is 35.5. The average molecular weight is 115 g/mol. The van der Waals surface area contributed by atoms with Crippen LogP contribution < -0.4 is 4.99 Å². The van der Waals surface area contributed by atoms with E-state index in [2.05, 4.69) is 9.98 Å². The predicted molar refractivity (Wildman–Crippen MR) is 30.6 cm³/mol. The van der Waals surface area contributed by atoms with Gasteiger partial charge in [-0.15, -0.1) is 0 Å². The van der Waals surface area contributed by atoms with Crippen LogP contribution in [0.3, 0.4) is 0 Å². The van der Waals surface area contributed by atoms with E-state index in [4.69, 9.17) is 11.6 Å². The van der Waals surface area contributed by atoms with Crippen LogP contribution >= 0.6 is 11.6 Å². The monoisotopic (exact) mass is 114 g/mol. The smallest absolute Gasteiger partial charge is 0.0760 e. The third kappa shape index (κ3) is 1.12. The molecular formula is C4H3ClN2+. The van der Waals surface area contributed by atoms with Gasteiger partial charge in [-0.2, -0.15) is 0 Å². The van der Waals surface area contributed by atoms with Gasteiger partial charge in [0.05, 0.1) is 0 Å². The Bertz CT molecular complexity index is 146. The Morgan fingerprint density at radius 3 is 2.86 bits per heavy atom. The summed E-state index contributed by atoms with van der Waals surface area (Å²) in [7, 11) is 0. The molecule has 0 spiro atoms. The first-order valence-electron chi connectivity index (χ1n) is 1.80. The molecule has 2 nitrogen and oxygen atoms in total. The van der Waals surface area contributed by atoms with Gasteiger partial charge in [0.25, 0.3) is 0 Å². The van der Waals surface area contributed by atoms with Gasteiger partial charge in [-0.05, 0) is 0 Å². The zero-order valence-electron chi connectivity index (χ0n) is 3.50. The summed E-state index contributed by atoms with van der Waals surface area (Å²) in [5.74, 6) is 0. The number of aliphatic imine (C=N–C) groups is 2. The van der Waals surface area contributed by atoms with Crippen LogP contribution in [0.25, 0.3) is 0 Å². The van der Waals surface area contributed by atoms with Crippen LogP contribution in [0.5, 0.6) is 0 Å². The van der Waals surface area contributed by atoms with Gasteiger partial charge in [0.2, 0.25) is 0 Å². The lowest BCUT2D eigenvalue weighted by Gasteiger charge is -1.74. The van der Waals surface area contributed by atoms with E-state index in [1.807, 2.05) is 0 Å². The van der Waals surface area contributed by atoms with Gasteiger partial charge in [0.15, 0.2) is 12.4 Å². The van der Waals surface area contributed by atoms with Crippen LogP contribution in [0.4, 0.5) is 0 Å². The number of halogens is 1. The highest BCUT2D eigenvalue weighted by Gasteiger charge is 1.94. The molecule has 0 aromatic carbocycles. The zero-order valence-corrected chi connectivity index (χ0v) is 4.26. The third-order valence-corrected chi connectivity index (χ3v) is 0.724. The van der Waals surface area contributed by atoms with Crippen molar-refractivity contribution in [3.63, 3.8) is 0 Å². The first-order valence-corrected chi connectivity index (χ1v) is 2.18. The summed E-state index contributed by atoms with van der Waals surface area (Å²) in [6.45, 7) is 0. The maximum atomic E-state index is 5.41. The highest BCUT2D eigenvalue weighted by Crippen LogP contribution is 1.95. The van der Waals surface area contributed by atoms with Gasteiger partial charge in [-0.3, -0.25) is 0 Å². The van der Waals surface area contributed by atoms with E-state index < -0.39 is 0 Å². The van der Waals surface area contributed by atoms with Crippen molar-refractivity contribution in [1.29, 1.82) is 0 Å². The highest BCUT2D eigenvalue weighted by molar-refractivity contribution is 6.39. The van der Waals surface area contributed by atoms with E-state index in [1.165, 1.54) is 18.8 Å². The van der Waals surface area contributed by atoms with Gasteiger partial charge in [-0.25, -0.2) is 0 Å². The van der Waals surface area contributed by atoms with Crippen molar-refractivity contribution in [1.82, 2.24) is 4.99 Å². The lowest BCUT2D eigenvalue weighted by atomic mass is 10.6. The van der Waals surface area contributed by atoms with Gasteiger partial charge in [0.1, 0.15) is 5.03 Å². The largest absolute Gasteiger partial charge is 0.327 e. The molecular weight excluding hydrogens is 112 g/mol. The summed E-state index contributed by atoms with van der Waals surface area (Å²) >= 11 is 5.41. The predicted octanol–water partition coefficient (Wildman–Crippen LogP) is 0.515. The number of allylic oxidation sites excluding steroid dienone is 1. The number of hydrogen-bond acceptors (Lipinski definition) is 2. The van der Waals surface area contributed by atoms with Crippen molar-refractivity contribution >= 4 is 24.2 Å². The van der Waals surface area contributed by atoms with E-state index in [0.29, 0.717) is 5.03 Å². The van der Waals surface area contributed by atoms with Crippen LogP contribution in [0.1, 0.15) is 0 Å². The SMILES string of the molecule is ClC1=CN=C[N+]=C1. The lowest BCUT2D eigenvalue weighted by molar-refractivity contribution is 1.45. The molecule has 0 unspecified atom stereocenters. The molecule has 0 aromatic rings. The van der Waals surface area contributed by atoms with Crippen molar-refractivity contribution in [2.75, 3.05) is 0 Å². The van der Waals surface area contributed by atoms with Crippen LogP contribution in [-0.2, 0) is 0 Å². The fraction of sp³-hybridized carbons (Fsp3) is 0. The summed E-state index contributed by atoms with van der Waals surface area (Å²) in [5, 5.41) is 0.572. The van der Waals surface area contributed by atoms with Crippen molar-refractivity contribution in [3.8, 4) is 0 Å². The molecule has 0 aliphatic carbocycles. The van der Waals surface area contributed by atoms with Crippen molar-refractivity contribution in [2.45, 2.75) is 0 Å². The Morgan fingerprint density at radius 2 is 2.57 bits per heavy atom. The summed E-state index contributed by atoms with van der Waals surface area (Å²) < 4.78 is 0. The minimum Gasteiger partial charge on any atom is -0.0760 e. The molecule has 7 heavy (non-hydrogen) atoms. The van der Waals surface area contributed by atoms with E-state index in [9.17, 15) is 0 Å². The molecule has 1 heterocycles. The third-order valence-electron chi connectivity index (χ3n) is 0.529. The number of nitrogens with zero attached hydrogens (tertiary/aromatic N) is 2.